The average Bonchev–Trinajstić information content (AvgIpc) is 3.33. The molecule has 1 aromatic carbocycles. The van der Waals surface area contributed by atoms with Crippen LogP contribution < -0.4 is 9.47 Å². The van der Waals surface area contributed by atoms with E-state index in [1.807, 2.05) is 13.2 Å². The number of hydrogen-bond donors (Lipinski definition) is 0. The van der Waals surface area contributed by atoms with Crippen molar-refractivity contribution < 1.29 is 18.8 Å². The molecule has 2 heterocycles. The molecule has 1 amide bonds. The van der Waals surface area contributed by atoms with Crippen LogP contribution in [0.5, 0.6) is 11.5 Å². The monoisotopic (exact) mass is 404 g/mol. The molecule has 28 heavy (non-hydrogen) atoms. The van der Waals surface area contributed by atoms with Crippen molar-refractivity contribution in [2.24, 2.45) is 7.05 Å². The summed E-state index contributed by atoms with van der Waals surface area (Å²) in [6.07, 6.45) is 4.42. The smallest absolute Gasteiger partial charge is 0.275 e. The first kappa shape index (κ1) is 19.8. The molecule has 0 saturated carbocycles. The van der Waals surface area contributed by atoms with Gasteiger partial charge in [0.25, 0.3) is 5.91 Å². The zero-order valence-corrected chi connectivity index (χ0v) is 16.6. The van der Waals surface area contributed by atoms with Crippen LogP contribution in [-0.4, -0.2) is 46.4 Å². The van der Waals surface area contributed by atoms with Gasteiger partial charge in [-0.15, -0.1) is 0 Å². The molecule has 0 saturated heterocycles. The van der Waals surface area contributed by atoms with Gasteiger partial charge in [-0.1, -0.05) is 16.8 Å². The lowest BCUT2D eigenvalue weighted by Gasteiger charge is -2.14. The Morgan fingerprint density at radius 3 is 2.86 bits per heavy atom. The highest BCUT2D eigenvalue weighted by molar-refractivity contribution is 6.32. The fourth-order valence-electron chi connectivity index (χ4n) is 2.55. The van der Waals surface area contributed by atoms with Crippen LogP contribution in [0.1, 0.15) is 21.8 Å². The number of amides is 1. The van der Waals surface area contributed by atoms with Crippen molar-refractivity contribution in [2.45, 2.75) is 13.0 Å². The molecule has 3 aromatic rings. The highest BCUT2D eigenvalue weighted by Crippen LogP contribution is 2.29. The van der Waals surface area contributed by atoms with Gasteiger partial charge in [-0.25, -0.2) is 0 Å². The second-order valence-electron chi connectivity index (χ2n) is 6.26. The van der Waals surface area contributed by atoms with Crippen LogP contribution in [0.4, 0.5) is 0 Å². The summed E-state index contributed by atoms with van der Waals surface area (Å²) in [4.78, 5) is 14.1. The number of ether oxygens (including phenoxy) is 2. The Hall–Kier alpha value is -3.00. The molecule has 0 aliphatic heterocycles. The SMILES string of the molecule is COc1ccc(OCc2cc(C(=O)N(C)CCc3cnn(C)c3)no2)c(Cl)c1. The van der Waals surface area contributed by atoms with Crippen LogP contribution in [0.3, 0.4) is 0 Å². The molecule has 0 atom stereocenters. The van der Waals surface area contributed by atoms with Gasteiger partial charge >= 0.3 is 0 Å². The van der Waals surface area contributed by atoms with Crippen molar-refractivity contribution in [1.82, 2.24) is 19.8 Å². The molecule has 0 radical (unpaired) electrons. The Bertz CT molecular complexity index is 953. The molecule has 2 aromatic heterocycles. The molecule has 0 unspecified atom stereocenters. The van der Waals surface area contributed by atoms with Crippen molar-refractivity contribution >= 4 is 17.5 Å². The van der Waals surface area contributed by atoms with E-state index in [0.29, 0.717) is 35.2 Å². The standard InChI is InChI=1S/C19H21ClN4O4/c1-23(7-6-13-10-21-24(2)11-13)19(25)17-9-15(28-22-17)12-27-18-5-4-14(26-3)8-16(18)20/h4-5,8-11H,6-7,12H2,1-3H3. The number of methoxy groups -OCH3 is 1. The zero-order chi connectivity index (χ0) is 20.1. The van der Waals surface area contributed by atoms with Crippen molar-refractivity contribution in [1.29, 1.82) is 0 Å². The van der Waals surface area contributed by atoms with Crippen LogP contribution in [0.25, 0.3) is 0 Å². The van der Waals surface area contributed by atoms with E-state index in [2.05, 4.69) is 10.3 Å². The summed E-state index contributed by atoms with van der Waals surface area (Å²) in [5, 5.41) is 8.38. The predicted molar refractivity (Wildman–Crippen MR) is 103 cm³/mol. The van der Waals surface area contributed by atoms with Gasteiger partial charge in [0, 0.05) is 39.0 Å². The first-order valence-corrected chi connectivity index (χ1v) is 8.99. The van der Waals surface area contributed by atoms with Gasteiger partial charge in [0.2, 0.25) is 0 Å². The first-order chi connectivity index (χ1) is 13.5. The summed E-state index contributed by atoms with van der Waals surface area (Å²) in [6.45, 7) is 0.649. The van der Waals surface area contributed by atoms with Gasteiger partial charge in [-0.2, -0.15) is 5.10 Å². The minimum absolute atomic E-state index is 0.103. The fraction of sp³-hybridized carbons (Fsp3) is 0.316. The summed E-state index contributed by atoms with van der Waals surface area (Å²) in [5.74, 6) is 1.33. The lowest BCUT2D eigenvalue weighted by Crippen LogP contribution is -2.29. The van der Waals surface area contributed by atoms with Gasteiger partial charge in [0.15, 0.2) is 11.5 Å². The number of likely N-dealkylation sites (N-methyl/N-ethyl adjacent to an activating group) is 1. The lowest BCUT2D eigenvalue weighted by atomic mass is 10.2. The fourth-order valence-corrected chi connectivity index (χ4v) is 2.78. The highest BCUT2D eigenvalue weighted by Gasteiger charge is 2.17. The van der Waals surface area contributed by atoms with Gasteiger partial charge in [0.05, 0.1) is 18.3 Å². The number of hydrogen-bond acceptors (Lipinski definition) is 6. The Morgan fingerprint density at radius 1 is 1.36 bits per heavy atom. The van der Waals surface area contributed by atoms with E-state index < -0.39 is 0 Å². The third-order valence-corrected chi connectivity index (χ3v) is 4.42. The summed E-state index contributed by atoms with van der Waals surface area (Å²) in [5.41, 5.74) is 1.29. The third-order valence-electron chi connectivity index (χ3n) is 4.13. The number of halogens is 1. The molecule has 0 aliphatic carbocycles. The second kappa shape index (κ2) is 8.79. The zero-order valence-electron chi connectivity index (χ0n) is 15.9. The third kappa shape index (κ3) is 4.83. The van der Waals surface area contributed by atoms with E-state index in [-0.39, 0.29) is 18.2 Å². The summed E-state index contributed by atoms with van der Waals surface area (Å²) < 4.78 is 17.7. The minimum atomic E-state index is -0.221. The molecule has 0 N–H and O–H groups in total. The van der Waals surface area contributed by atoms with Crippen LogP contribution >= 0.6 is 11.6 Å². The number of carbonyl (C=O) groups is 1. The number of carbonyl (C=O) groups excluding carboxylic acids is 1. The molecular weight excluding hydrogens is 384 g/mol. The molecule has 9 heteroatoms. The molecule has 0 spiro atoms. The maximum absolute atomic E-state index is 12.5. The molecular formula is C19H21ClN4O4. The van der Waals surface area contributed by atoms with E-state index in [1.165, 1.54) is 0 Å². The summed E-state index contributed by atoms with van der Waals surface area (Å²) >= 11 is 6.14. The maximum Gasteiger partial charge on any atom is 0.275 e. The van der Waals surface area contributed by atoms with E-state index in [9.17, 15) is 4.79 Å². The highest BCUT2D eigenvalue weighted by atomic mass is 35.5. The largest absolute Gasteiger partial charge is 0.497 e. The van der Waals surface area contributed by atoms with Gasteiger partial charge in [-0.3, -0.25) is 9.48 Å². The molecule has 0 bridgehead atoms. The number of nitrogens with zero attached hydrogens (tertiary/aromatic N) is 4. The quantitative estimate of drug-likeness (QED) is 0.574. The van der Waals surface area contributed by atoms with Crippen molar-refractivity contribution in [3.05, 3.63) is 58.7 Å². The van der Waals surface area contributed by atoms with Gasteiger partial charge < -0.3 is 18.9 Å². The number of aromatic nitrogens is 3. The average molecular weight is 405 g/mol. The number of rotatable bonds is 8. The van der Waals surface area contributed by atoms with E-state index in [1.54, 1.807) is 54.2 Å². The molecule has 8 nitrogen and oxygen atoms in total. The summed E-state index contributed by atoms with van der Waals surface area (Å²) in [7, 11) is 5.14. The van der Waals surface area contributed by atoms with Crippen molar-refractivity contribution in [3.63, 3.8) is 0 Å². The Morgan fingerprint density at radius 2 is 2.18 bits per heavy atom. The predicted octanol–water partition coefficient (Wildman–Crippen LogP) is 2.96. The van der Waals surface area contributed by atoms with Crippen LogP contribution in [-0.2, 0) is 20.1 Å². The Labute approximate surface area is 167 Å². The second-order valence-corrected chi connectivity index (χ2v) is 6.67. The lowest BCUT2D eigenvalue weighted by molar-refractivity contribution is 0.0786. The Kier molecular flexibility index (Phi) is 6.20. The van der Waals surface area contributed by atoms with E-state index >= 15 is 0 Å². The minimum Gasteiger partial charge on any atom is -0.497 e. The Balaban J connectivity index is 1.54. The normalized spacial score (nSPS) is 10.7. The topological polar surface area (TPSA) is 82.6 Å². The first-order valence-electron chi connectivity index (χ1n) is 8.61. The van der Waals surface area contributed by atoms with Gasteiger partial charge in [-0.05, 0) is 24.1 Å². The number of aryl methyl sites for hydroxylation is 1. The van der Waals surface area contributed by atoms with Crippen LogP contribution in [0.15, 0.2) is 41.2 Å². The molecule has 148 valence electrons. The van der Waals surface area contributed by atoms with Crippen molar-refractivity contribution in [2.75, 3.05) is 20.7 Å². The maximum atomic E-state index is 12.5. The van der Waals surface area contributed by atoms with E-state index in [0.717, 1.165) is 5.56 Å². The molecule has 3 rings (SSSR count). The van der Waals surface area contributed by atoms with E-state index in [4.69, 9.17) is 25.6 Å². The molecule has 0 aliphatic rings. The van der Waals surface area contributed by atoms with Crippen LogP contribution in [0, 0.1) is 0 Å². The van der Waals surface area contributed by atoms with Crippen LogP contribution in [0.2, 0.25) is 5.02 Å². The number of benzene rings is 1. The van der Waals surface area contributed by atoms with Crippen molar-refractivity contribution in [3.8, 4) is 11.5 Å². The van der Waals surface area contributed by atoms with Gasteiger partial charge in [0.1, 0.15) is 18.1 Å². The summed E-state index contributed by atoms with van der Waals surface area (Å²) in [6, 6.07) is 6.67. The molecule has 0 fully saturated rings.